The van der Waals surface area contributed by atoms with Crippen molar-refractivity contribution in [1.29, 1.82) is 0 Å². The van der Waals surface area contributed by atoms with Crippen molar-refractivity contribution in [3.8, 4) is 11.4 Å². The monoisotopic (exact) mass is 471 g/mol. The van der Waals surface area contributed by atoms with Gasteiger partial charge in [0, 0.05) is 24.3 Å². The van der Waals surface area contributed by atoms with Crippen LogP contribution in [-0.2, 0) is 14.8 Å². The number of hydrogen-bond acceptors (Lipinski definition) is 6. The first-order valence-electron chi connectivity index (χ1n) is 10.4. The van der Waals surface area contributed by atoms with Crippen LogP contribution in [0.5, 0.6) is 0 Å². The number of carbonyl (C=O) groups excluding carboxylic acids is 1. The Balaban J connectivity index is 1.39. The van der Waals surface area contributed by atoms with Crippen LogP contribution in [0.4, 0.5) is 5.69 Å². The topological polar surface area (TPSA) is 108 Å². The molecular formula is C22H25N5O3S2. The fourth-order valence-electron chi connectivity index (χ4n) is 3.56. The molecular weight excluding hydrogens is 446 g/mol. The highest BCUT2D eigenvalue weighted by molar-refractivity contribution is 7.99. The molecule has 0 saturated carbocycles. The summed E-state index contributed by atoms with van der Waals surface area (Å²) < 4.78 is 27.7. The van der Waals surface area contributed by atoms with Crippen LogP contribution in [0.25, 0.3) is 11.4 Å². The van der Waals surface area contributed by atoms with E-state index in [2.05, 4.69) is 20.5 Å². The van der Waals surface area contributed by atoms with Gasteiger partial charge in [-0.2, -0.15) is 4.31 Å². The second-order valence-corrected chi connectivity index (χ2v) is 10.5. The Labute approximate surface area is 191 Å². The summed E-state index contributed by atoms with van der Waals surface area (Å²) in [5, 5.41) is 10.3. The average molecular weight is 472 g/mol. The molecule has 2 N–H and O–H groups in total. The number of nitrogens with one attached hydrogen (secondary N) is 2. The first kappa shape index (κ1) is 22.5. The number of aromatic nitrogens is 3. The van der Waals surface area contributed by atoms with Gasteiger partial charge in [0.25, 0.3) is 0 Å². The molecule has 0 spiro atoms. The summed E-state index contributed by atoms with van der Waals surface area (Å²) in [4.78, 5) is 17.1. The highest BCUT2D eigenvalue weighted by atomic mass is 32.2. The number of aromatic amines is 1. The number of thioether (sulfide) groups is 1. The predicted molar refractivity (Wildman–Crippen MR) is 125 cm³/mol. The molecule has 1 saturated heterocycles. The number of sulfonamides is 1. The van der Waals surface area contributed by atoms with Crippen molar-refractivity contribution < 1.29 is 13.2 Å². The smallest absolute Gasteiger partial charge is 0.243 e. The van der Waals surface area contributed by atoms with Gasteiger partial charge < -0.3 is 5.32 Å². The predicted octanol–water partition coefficient (Wildman–Crippen LogP) is 3.69. The van der Waals surface area contributed by atoms with E-state index in [0.717, 1.165) is 24.8 Å². The highest BCUT2D eigenvalue weighted by Gasteiger charge is 2.27. The van der Waals surface area contributed by atoms with Crippen molar-refractivity contribution >= 4 is 33.4 Å². The normalized spacial score (nSPS) is 14.9. The van der Waals surface area contributed by atoms with E-state index in [1.165, 1.54) is 16.1 Å². The third-order valence-corrected chi connectivity index (χ3v) is 8.14. The summed E-state index contributed by atoms with van der Waals surface area (Å²) in [6.07, 6.45) is 2.80. The van der Waals surface area contributed by atoms with Gasteiger partial charge in [-0.05, 0) is 37.5 Å². The molecule has 32 heavy (non-hydrogen) atoms. The van der Waals surface area contributed by atoms with Crippen LogP contribution in [0, 0.1) is 6.92 Å². The van der Waals surface area contributed by atoms with Gasteiger partial charge in [-0.3, -0.25) is 9.89 Å². The highest BCUT2D eigenvalue weighted by Crippen LogP contribution is 2.26. The van der Waals surface area contributed by atoms with E-state index in [4.69, 9.17) is 0 Å². The van der Waals surface area contributed by atoms with E-state index in [0.29, 0.717) is 35.3 Å². The SMILES string of the molecule is Cc1ccc(NC(=O)CSc2n[nH]c(-c3ccccc3)n2)cc1S(=O)(=O)N1CCCCC1. The van der Waals surface area contributed by atoms with Crippen LogP contribution >= 0.6 is 11.8 Å². The Morgan fingerprint density at radius 2 is 1.88 bits per heavy atom. The lowest BCUT2D eigenvalue weighted by atomic mass is 10.2. The first-order chi connectivity index (χ1) is 15.4. The standard InChI is InChI=1S/C22H25N5O3S2/c1-16-10-11-18(14-19(16)32(29,30)27-12-6-3-7-13-27)23-20(28)15-31-22-24-21(25-26-22)17-8-4-2-5-9-17/h2,4-5,8-11,14H,3,6-7,12-13,15H2,1H3,(H,23,28)(H,24,25,26). The second kappa shape index (κ2) is 9.85. The summed E-state index contributed by atoms with van der Waals surface area (Å²) in [6.45, 7) is 2.85. The number of anilines is 1. The summed E-state index contributed by atoms with van der Waals surface area (Å²) >= 11 is 1.21. The molecule has 2 aromatic carbocycles. The molecule has 1 fully saturated rings. The van der Waals surface area contributed by atoms with Gasteiger partial charge in [0.15, 0.2) is 5.82 Å². The number of nitrogens with zero attached hydrogens (tertiary/aromatic N) is 3. The molecule has 0 atom stereocenters. The van der Waals surface area contributed by atoms with Crippen molar-refractivity contribution in [3.63, 3.8) is 0 Å². The van der Waals surface area contributed by atoms with Crippen LogP contribution in [0.1, 0.15) is 24.8 Å². The lowest BCUT2D eigenvalue weighted by molar-refractivity contribution is -0.113. The van der Waals surface area contributed by atoms with Gasteiger partial charge in [0.2, 0.25) is 21.1 Å². The van der Waals surface area contributed by atoms with Crippen molar-refractivity contribution in [2.75, 3.05) is 24.2 Å². The van der Waals surface area contributed by atoms with Gasteiger partial charge in [-0.15, -0.1) is 5.10 Å². The minimum atomic E-state index is -3.58. The zero-order valence-electron chi connectivity index (χ0n) is 17.7. The minimum absolute atomic E-state index is 0.105. The first-order valence-corrected chi connectivity index (χ1v) is 12.9. The van der Waals surface area contributed by atoms with Gasteiger partial charge in [0.05, 0.1) is 10.6 Å². The quantitative estimate of drug-likeness (QED) is 0.509. The number of H-pyrrole nitrogens is 1. The maximum Gasteiger partial charge on any atom is 0.243 e. The van der Waals surface area contributed by atoms with Gasteiger partial charge in [0.1, 0.15) is 0 Å². The number of amides is 1. The largest absolute Gasteiger partial charge is 0.325 e. The maximum absolute atomic E-state index is 13.1. The molecule has 3 aromatic rings. The number of hydrogen-bond donors (Lipinski definition) is 2. The lowest BCUT2D eigenvalue weighted by Gasteiger charge is -2.26. The molecule has 0 bridgehead atoms. The van der Waals surface area contributed by atoms with Gasteiger partial charge >= 0.3 is 0 Å². The maximum atomic E-state index is 13.1. The molecule has 0 aliphatic carbocycles. The minimum Gasteiger partial charge on any atom is -0.325 e. The Morgan fingerprint density at radius 3 is 2.62 bits per heavy atom. The zero-order chi connectivity index (χ0) is 22.6. The Kier molecular flexibility index (Phi) is 6.92. The fraction of sp³-hybridized carbons (Fsp3) is 0.318. The number of benzene rings is 2. The van der Waals surface area contributed by atoms with E-state index < -0.39 is 10.0 Å². The Hall–Kier alpha value is -2.69. The summed E-state index contributed by atoms with van der Waals surface area (Å²) in [7, 11) is -3.58. The summed E-state index contributed by atoms with van der Waals surface area (Å²) in [5.74, 6) is 0.486. The molecule has 0 unspecified atom stereocenters. The third-order valence-electron chi connectivity index (χ3n) is 5.25. The van der Waals surface area contributed by atoms with Gasteiger partial charge in [-0.1, -0.05) is 54.6 Å². The van der Waals surface area contributed by atoms with Crippen molar-refractivity contribution in [2.24, 2.45) is 0 Å². The molecule has 168 valence electrons. The van der Waals surface area contributed by atoms with Crippen LogP contribution < -0.4 is 5.32 Å². The number of carbonyl (C=O) groups is 1. The molecule has 1 amide bonds. The zero-order valence-corrected chi connectivity index (χ0v) is 19.4. The Bertz CT molecular complexity index is 1190. The molecule has 8 nitrogen and oxygen atoms in total. The summed E-state index contributed by atoms with van der Waals surface area (Å²) in [5.41, 5.74) is 2.03. The van der Waals surface area contributed by atoms with E-state index in [1.54, 1.807) is 25.1 Å². The summed E-state index contributed by atoms with van der Waals surface area (Å²) in [6, 6.07) is 14.6. The third kappa shape index (κ3) is 5.20. The second-order valence-electron chi connectivity index (χ2n) is 7.61. The number of piperidine rings is 1. The van der Waals surface area contributed by atoms with E-state index in [9.17, 15) is 13.2 Å². The molecule has 4 rings (SSSR count). The van der Waals surface area contributed by atoms with Crippen molar-refractivity contribution in [2.45, 2.75) is 36.2 Å². The Morgan fingerprint density at radius 1 is 1.12 bits per heavy atom. The molecule has 1 aliphatic heterocycles. The van der Waals surface area contributed by atoms with Crippen molar-refractivity contribution in [3.05, 3.63) is 54.1 Å². The average Bonchev–Trinajstić information content (AvgIpc) is 3.29. The van der Waals surface area contributed by atoms with E-state index >= 15 is 0 Å². The number of aryl methyl sites for hydroxylation is 1. The van der Waals surface area contributed by atoms with E-state index in [-0.39, 0.29) is 16.6 Å². The molecule has 1 aliphatic rings. The van der Waals surface area contributed by atoms with E-state index in [1.807, 2.05) is 30.3 Å². The molecule has 1 aromatic heterocycles. The molecule has 0 radical (unpaired) electrons. The van der Waals surface area contributed by atoms with Crippen molar-refractivity contribution in [1.82, 2.24) is 19.5 Å². The molecule has 10 heteroatoms. The van der Waals surface area contributed by atoms with Crippen LogP contribution in [0.3, 0.4) is 0 Å². The van der Waals surface area contributed by atoms with Gasteiger partial charge in [-0.25, -0.2) is 13.4 Å². The number of rotatable bonds is 7. The lowest BCUT2D eigenvalue weighted by Crippen LogP contribution is -2.36. The fourth-order valence-corrected chi connectivity index (χ4v) is 5.93. The van der Waals surface area contributed by atoms with Crippen LogP contribution in [0.15, 0.2) is 58.6 Å². The van der Waals surface area contributed by atoms with Crippen LogP contribution in [-0.4, -0.2) is 52.7 Å². The molecule has 2 heterocycles. The van der Waals surface area contributed by atoms with Crippen LogP contribution in [0.2, 0.25) is 0 Å².